The number of nitrogens with zero attached hydrogens (tertiary/aromatic N) is 3. The normalized spacial score (nSPS) is 32.6. The highest BCUT2D eigenvalue weighted by molar-refractivity contribution is 6.06. The summed E-state index contributed by atoms with van der Waals surface area (Å²) in [5, 5.41) is 16.3. The molecular weight excluding hydrogens is 398 g/mol. The molecule has 3 fully saturated rings. The highest BCUT2D eigenvalue weighted by Gasteiger charge is 2.67. The maximum absolute atomic E-state index is 13.0. The molecule has 1 aliphatic heterocycles. The Morgan fingerprint density at radius 1 is 1.10 bits per heavy atom. The van der Waals surface area contributed by atoms with E-state index in [0.717, 1.165) is 17.0 Å². The van der Waals surface area contributed by atoms with E-state index in [0.29, 0.717) is 28.9 Å². The number of nitro groups is 1. The van der Waals surface area contributed by atoms with Gasteiger partial charge in [-0.25, -0.2) is 0 Å². The van der Waals surface area contributed by atoms with Gasteiger partial charge in [0.05, 0.1) is 23.0 Å². The quantitative estimate of drug-likeness (QED) is 0.249. The molecule has 2 heterocycles. The van der Waals surface area contributed by atoms with E-state index in [1.54, 1.807) is 18.2 Å². The smallest absolute Gasteiger partial charge is 0.270 e. The van der Waals surface area contributed by atoms with E-state index in [9.17, 15) is 19.7 Å². The van der Waals surface area contributed by atoms with Crippen LogP contribution in [0.5, 0.6) is 0 Å². The van der Waals surface area contributed by atoms with Crippen molar-refractivity contribution in [1.82, 2.24) is 5.01 Å². The summed E-state index contributed by atoms with van der Waals surface area (Å²) >= 11 is 0. The van der Waals surface area contributed by atoms with Crippen LogP contribution in [0.25, 0.3) is 11.3 Å². The molecule has 2 bridgehead atoms. The summed E-state index contributed by atoms with van der Waals surface area (Å²) in [5.74, 6) is 1.19. The number of carbonyl (C=O) groups excluding carboxylic acids is 2. The number of allylic oxidation sites excluding steroid dienone is 2. The molecule has 5 aliphatic rings. The lowest BCUT2D eigenvalue weighted by Crippen LogP contribution is -2.40. The number of amides is 2. The van der Waals surface area contributed by atoms with Crippen molar-refractivity contribution in [2.45, 2.75) is 13.3 Å². The Hall–Kier alpha value is -3.55. The highest BCUT2D eigenvalue weighted by Crippen LogP contribution is 2.65. The third-order valence-electron chi connectivity index (χ3n) is 7.26. The van der Waals surface area contributed by atoms with Gasteiger partial charge in [-0.1, -0.05) is 18.2 Å². The van der Waals surface area contributed by atoms with Crippen LogP contribution in [0.15, 0.2) is 52.0 Å². The van der Waals surface area contributed by atoms with Crippen LogP contribution in [0.3, 0.4) is 0 Å². The predicted molar refractivity (Wildman–Crippen MR) is 110 cm³/mol. The van der Waals surface area contributed by atoms with Crippen LogP contribution in [0.1, 0.15) is 17.7 Å². The van der Waals surface area contributed by atoms with Crippen molar-refractivity contribution in [3.8, 4) is 11.3 Å². The summed E-state index contributed by atoms with van der Waals surface area (Å²) in [6.45, 7) is 1.84. The average Bonchev–Trinajstić information content (AvgIpc) is 3.40. The van der Waals surface area contributed by atoms with E-state index >= 15 is 0 Å². The van der Waals surface area contributed by atoms with Crippen LogP contribution in [-0.2, 0) is 9.59 Å². The van der Waals surface area contributed by atoms with Gasteiger partial charge in [0.1, 0.15) is 11.5 Å². The van der Waals surface area contributed by atoms with Crippen molar-refractivity contribution in [3.05, 3.63) is 63.9 Å². The van der Waals surface area contributed by atoms with E-state index in [-0.39, 0.29) is 41.2 Å². The van der Waals surface area contributed by atoms with Crippen LogP contribution in [0, 0.1) is 52.5 Å². The van der Waals surface area contributed by atoms with Crippen molar-refractivity contribution < 1.29 is 18.9 Å². The number of imide groups is 1. The van der Waals surface area contributed by atoms with Crippen molar-refractivity contribution in [1.29, 1.82) is 0 Å². The Morgan fingerprint density at radius 3 is 2.42 bits per heavy atom. The molecule has 8 nitrogen and oxygen atoms in total. The second-order valence-electron chi connectivity index (χ2n) is 8.85. The topological polar surface area (TPSA) is 106 Å². The first-order valence-electron chi connectivity index (χ1n) is 10.4. The number of non-ortho nitro benzene ring substituents is 1. The summed E-state index contributed by atoms with van der Waals surface area (Å²) in [5.41, 5.74) is 1.42. The lowest BCUT2D eigenvalue weighted by molar-refractivity contribution is -0.384. The third-order valence-corrected chi connectivity index (χ3v) is 7.26. The zero-order valence-corrected chi connectivity index (χ0v) is 16.7. The van der Waals surface area contributed by atoms with E-state index in [1.807, 2.05) is 6.92 Å². The van der Waals surface area contributed by atoms with Gasteiger partial charge in [-0.3, -0.25) is 19.7 Å². The SMILES string of the molecule is Cc1ccc([N+](=O)[O-])cc1-c1ccc(/C=N\N2C(=O)[C@@H]3[C@H]4C=C[C@@H]([C@@H]5C[C@H]45)[C@H]3C2=O)o1. The molecule has 0 radical (unpaired) electrons. The van der Waals surface area contributed by atoms with Gasteiger partial charge in [0.15, 0.2) is 0 Å². The van der Waals surface area contributed by atoms with Gasteiger partial charge in [-0.05, 0) is 54.7 Å². The Labute approximate surface area is 177 Å². The highest BCUT2D eigenvalue weighted by atomic mass is 16.6. The van der Waals surface area contributed by atoms with Gasteiger partial charge < -0.3 is 4.42 Å². The number of benzene rings is 1. The van der Waals surface area contributed by atoms with Gasteiger partial charge in [-0.2, -0.15) is 10.1 Å². The first kappa shape index (κ1) is 18.2. The summed E-state index contributed by atoms with van der Waals surface area (Å²) in [4.78, 5) is 36.5. The molecule has 8 heteroatoms. The van der Waals surface area contributed by atoms with Crippen molar-refractivity contribution in [2.24, 2.45) is 40.6 Å². The first-order chi connectivity index (χ1) is 14.9. The van der Waals surface area contributed by atoms with Crippen LogP contribution < -0.4 is 0 Å². The maximum Gasteiger partial charge on any atom is 0.270 e. The van der Waals surface area contributed by atoms with Gasteiger partial charge >= 0.3 is 0 Å². The molecule has 2 amide bonds. The molecule has 156 valence electrons. The molecule has 7 rings (SSSR count). The largest absolute Gasteiger partial charge is 0.455 e. The summed E-state index contributed by atoms with van der Waals surface area (Å²) < 4.78 is 5.78. The molecule has 6 atom stereocenters. The van der Waals surface area contributed by atoms with Gasteiger partial charge in [-0.15, -0.1) is 0 Å². The summed E-state index contributed by atoms with van der Waals surface area (Å²) in [7, 11) is 0. The monoisotopic (exact) mass is 417 g/mol. The van der Waals surface area contributed by atoms with Crippen molar-refractivity contribution >= 4 is 23.7 Å². The number of rotatable bonds is 4. The molecule has 1 aromatic heterocycles. The van der Waals surface area contributed by atoms with E-state index in [1.165, 1.54) is 18.3 Å². The summed E-state index contributed by atoms with van der Waals surface area (Å²) in [6, 6.07) is 7.93. The van der Waals surface area contributed by atoms with Crippen molar-refractivity contribution in [2.75, 3.05) is 0 Å². The standard InChI is InChI=1S/C23H19N3O5/c1-11-2-3-12(26(29)30)8-16(11)19-7-4-13(31-19)10-24-25-22(27)20-14-5-6-15(18-9-17(14)18)21(20)23(25)28/h2-8,10,14-15,17-18,20-21H,9H2,1H3/b24-10-/t14-,15-,17-,18+,20+,21+/m0/s1. The zero-order chi connectivity index (χ0) is 21.4. The maximum atomic E-state index is 13.0. The number of hydrazone groups is 1. The number of carbonyl (C=O) groups is 2. The van der Waals surface area contributed by atoms with E-state index in [2.05, 4.69) is 17.3 Å². The van der Waals surface area contributed by atoms with Gasteiger partial charge in [0.2, 0.25) is 0 Å². The molecule has 1 aromatic carbocycles. The third kappa shape index (κ3) is 2.57. The molecular formula is C23H19N3O5. The number of aryl methyl sites for hydroxylation is 1. The number of furan rings is 1. The fourth-order valence-electron chi connectivity index (χ4n) is 5.73. The second kappa shape index (κ2) is 6.23. The van der Waals surface area contributed by atoms with Crippen molar-refractivity contribution in [3.63, 3.8) is 0 Å². The minimum atomic E-state index is -0.454. The molecule has 31 heavy (non-hydrogen) atoms. The predicted octanol–water partition coefficient (Wildman–Crippen LogP) is 3.55. The molecule has 0 unspecified atom stereocenters. The molecule has 2 aromatic rings. The Balaban J connectivity index is 1.25. The van der Waals surface area contributed by atoms with Crippen LogP contribution in [-0.4, -0.2) is 28.0 Å². The Bertz CT molecular complexity index is 1180. The molecule has 2 saturated carbocycles. The minimum Gasteiger partial charge on any atom is -0.455 e. The van der Waals surface area contributed by atoms with Crippen LogP contribution in [0.2, 0.25) is 0 Å². The number of hydrogen-bond donors (Lipinski definition) is 0. The molecule has 0 N–H and O–H groups in total. The zero-order valence-electron chi connectivity index (χ0n) is 16.7. The van der Waals surface area contributed by atoms with E-state index in [4.69, 9.17) is 4.42 Å². The second-order valence-corrected chi connectivity index (χ2v) is 8.85. The Kier molecular flexibility index (Phi) is 3.66. The average molecular weight is 417 g/mol. The molecule has 4 aliphatic carbocycles. The first-order valence-corrected chi connectivity index (χ1v) is 10.4. The van der Waals surface area contributed by atoms with Crippen LogP contribution in [0.4, 0.5) is 5.69 Å². The fourth-order valence-corrected chi connectivity index (χ4v) is 5.73. The number of nitro benzene ring substituents is 1. The lowest BCUT2D eigenvalue weighted by atomic mass is 9.63. The minimum absolute atomic E-state index is 0.0237. The summed E-state index contributed by atoms with van der Waals surface area (Å²) in [6.07, 6.45) is 6.72. The lowest BCUT2D eigenvalue weighted by Gasteiger charge is -2.37. The number of hydrogen-bond acceptors (Lipinski definition) is 6. The molecule has 0 spiro atoms. The fraction of sp³-hybridized carbons (Fsp3) is 0.348. The van der Waals surface area contributed by atoms with Crippen LogP contribution >= 0.6 is 0 Å². The molecule has 1 saturated heterocycles. The van der Waals surface area contributed by atoms with Gasteiger partial charge in [0.25, 0.3) is 17.5 Å². The van der Waals surface area contributed by atoms with E-state index < -0.39 is 4.92 Å². The Morgan fingerprint density at radius 2 is 1.77 bits per heavy atom. The van der Waals surface area contributed by atoms with Gasteiger partial charge in [0, 0.05) is 17.7 Å².